The summed E-state index contributed by atoms with van der Waals surface area (Å²) in [6.45, 7) is 0.292. The first-order valence-corrected chi connectivity index (χ1v) is 3.06. The maximum atomic E-state index is 9.56. The average molecular weight is 141 g/mol. The van der Waals surface area contributed by atoms with E-state index in [1.165, 1.54) is 17.6 Å². The van der Waals surface area contributed by atoms with Crippen molar-refractivity contribution >= 4 is 17.6 Å². The van der Waals surface area contributed by atoms with E-state index >= 15 is 0 Å². The maximum Gasteiger partial charge on any atom is 0.235 e. The van der Waals surface area contributed by atoms with Gasteiger partial charge in [-0.3, -0.25) is 0 Å². The zero-order valence-electron chi connectivity index (χ0n) is 4.44. The van der Waals surface area contributed by atoms with Gasteiger partial charge in [0.25, 0.3) is 0 Å². The van der Waals surface area contributed by atoms with Crippen LogP contribution in [0.25, 0.3) is 0 Å². The molecule has 0 aliphatic carbocycles. The molecule has 0 aromatic carbocycles. The van der Waals surface area contributed by atoms with Crippen LogP contribution in [0.3, 0.4) is 0 Å². The highest BCUT2D eigenvalue weighted by molar-refractivity contribution is 7.03. The van der Waals surface area contributed by atoms with Crippen LogP contribution < -0.4 is 0 Å². The zero-order chi connectivity index (χ0) is 6.53. The number of aliphatic imine (C=N–C) groups is 1. The standard InChI is InChI=1S/C4H3N3OS/c8-3-5-1-4-2-9-7-6-4/h2H,1H2. The van der Waals surface area contributed by atoms with Gasteiger partial charge in [-0.1, -0.05) is 4.49 Å². The van der Waals surface area contributed by atoms with E-state index in [1.807, 2.05) is 0 Å². The van der Waals surface area contributed by atoms with Gasteiger partial charge >= 0.3 is 0 Å². The van der Waals surface area contributed by atoms with Crippen LogP contribution >= 0.6 is 11.5 Å². The minimum atomic E-state index is 0.292. The quantitative estimate of drug-likeness (QED) is 0.441. The monoisotopic (exact) mass is 141 g/mol. The van der Waals surface area contributed by atoms with Crippen molar-refractivity contribution < 1.29 is 4.79 Å². The first kappa shape index (κ1) is 6.07. The van der Waals surface area contributed by atoms with E-state index in [0.29, 0.717) is 12.2 Å². The van der Waals surface area contributed by atoms with Gasteiger partial charge in [0.05, 0.1) is 12.2 Å². The summed E-state index contributed by atoms with van der Waals surface area (Å²) in [4.78, 5) is 12.9. The summed E-state index contributed by atoms with van der Waals surface area (Å²) in [5.41, 5.74) is 0.711. The minimum Gasteiger partial charge on any atom is -0.211 e. The van der Waals surface area contributed by atoms with Crippen LogP contribution in [-0.4, -0.2) is 15.7 Å². The van der Waals surface area contributed by atoms with Gasteiger partial charge in [0.1, 0.15) is 0 Å². The number of isocyanates is 1. The van der Waals surface area contributed by atoms with Gasteiger partial charge in [-0.15, -0.1) is 5.10 Å². The Labute approximate surface area is 55.4 Å². The average Bonchev–Trinajstić information content (AvgIpc) is 2.34. The van der Waals surface area contributed by atoms with Crippen molar-refractivity contribution in [3.63, 3.8) is 0 Å². The van der Waals surface area contributed by atoms with Crippen LogP contribution in [0.1, 0.15) is 5.69 Å². The van der Waals surface area contributed by atoms with E-state index in [2.05, 4.69) is 14.6 Å². The Balaban J connectivity index is 2.57. The Morgan fingerprint density at radius 1 is 1.89 bits per heavy atom. The summed E-state index contributed by atoms with van der Waals surface area (Å²) in [6, 6.07) is 0. The van der Waals surface area contributed by atoms with Gasteiger partial charge < -0.3 is 0 Å². The molecule has 0 unspecified atom stereocenters. The molecular formula is C4H3N3OS. The van der Waals surface area contributed by atoms with Crippen LogP contribution in [0.15, 0.2) is 10.4 Å². The first-order chi connectivity index (χ1) is 4.43. The molecule has 0 aliphatic heterocycles. The van der Waals surface area contributed by atoms with Gasteiger partial charge in [0.2, 0.25) is 6.08 Å². The highest BCUT2D eigenvalue weighted by atomic mass is 32.1. The molecule has 0 aliphatic rings. The Morgan fingerprint density at radius 3 is 3.33 bits per heavy atom. The molecule has 46 valence electrons. The molecule has 1 rings (SSSR count). The lowest BCUT2D eigenvalue weighted by Gasteiger charge is -1.76. The Kier molecular flexibility index (Phi) is 2.06. The molecule has 1 aromatic heterocycles. The molecular weight excluding hydrogens is 138 g/mol. The van der Waals surface area contributed by atoms with Gasteiger partial charge in [-0.25, -0.2) is 4.79 Å². The molecule has 0 bridgehead atoms. The Morgan fingerprint density at radius 2 is 2.78 bits per heavy atom. The first-order valence-electron chi connectivity index (χ1n) is 2.23. The molecule has 0 radical (unpaired) electrons. The van der Waals surface area contributed by atoms with Crippen LogP contribution in [0.4, 0.5) is 0 Å². The number of hydrogen-bond donors (Lipinski definition) is 0. The summed E-state index contributed by atoms with van der Waals surface area (Å²) in [5, 5.41) is 5.39. The van der Waals surface area contributed by atoms with Crippen molar-refractivity contribution in [2.24, 2.45) is 4.99 Å². The van der Waals surface area contributed by atoms with Crippen molar-refractivity contribution in [1.29, 1.82) is 0 Å². The van der Waals surface area contributed by atoms with Crippen LogP contribution in [-0.2, 0) is 11.3 Å². The topological polar surface area (TPSA) is 55.2 Å². The fraction of sp³-hybridized carbons (Fsp3) is 0.250. The van der Waals surface area contributed by atoms with E-state index in [9.17, 15) is 4.79 Å². The minimum absolute atomic E-state index is 0.292. The molecule has 0 fully saturated rings. The Hall–Kier alpha value is -1.06. The van der Waals surface area contributed by atoms with Gasteiger partial charge in [0, 0.05) is 5.38 Å². The molecule has 0 N–H and O–H groups in total. The third-order valence-electron chi connectivity index (χ3n) is 0.711. The van der Waals surface area contributed by atoms with Gasteiger partial charge in [0.15, 0.2) is 0 Å². The fourth-order valence-electron chi connectivity index (χ4n) is 0.366. The number of carbonyl (C=O) groups excluding carboxylic acids is 1. The molecule has 0 amide bonds. The lowest BCUT2D eigenvalue weighted by molar-refractivity contribution is 0.562. The van der Waals surface area contributed by atoms with Crippen molar-refractivity contribution in [3.8, 4) is 0 Å². The number of aromatic nitrogens is 2. The summed E-state index contributed by atoms with van der Waals surface area (Å²) < 4.78 is 3.58. The molecule has 0 saturated heterocycles. The lowest BCUT2D eigenvalue weighted by Crippen LogP contribution is -1.79. The molecule has 1 heterocycles. The van der Waals surface area contributed by atoms with E-state index < -0.39 is 0 Å². The zero-order valence-corrected chi connectivity index (χ0v) is 5.26. The summed E-state index contributed by atoms with van der Waals surface area (Å²) >= 11 is 1.24. The molecule has 9 heavy (non-hydrogen) atoms. The smallest absolute Gasteiger partial charge is 0.211 e. The number of rotatable bonds is 2. The summed E-state index contributed by atoms with van der Waals surface area (Å²) in [5.74, 6) is 0. The molecule has 1 aromatic rings. The van der Waals surface area contributed by atoms with Crippen molar-refractivity contribution in [2.45, 2.75) is 6.54 Å². The van der Waals surface area contributed by atoms with E-state index in [-0.39, 0.29) is 0 Å². The highest BCUT2D eigenvalue weighted by Crippen LogP contribution is 1.96. The van der Waals surface area contributed by atoms with E-state index in [1.54, 1.807) is 5.38 Å². The third kappa shape index (κ3) is 1.71. The Bertz CT molecular complexity index is 214. The maximum absolute atomic E-state index is 9.56. The van der Waals surface area contributed by atoms with Crippen LogP contribution in [0, 0.1) is 0 Å². The summed E-state index contributed by atoms with van der Waals surface area (Å²) in [6.07, 6.45) is 1.42. The second-order valence-electron chi connectivity index (χ2n) is 1.30. The van der Waals surface area contributed by atoms with Crippen LogP contribution in [0.5, 0.6) is 0 Å². The van der Waals surface area contributed by atoms with E-state index in [4.69, 9.17) is 0 Å². The third-order valence-corrected chi connectivity index (χ3v) is 1.26. The van der Waals surface area contributed by atoms with Gasteiger partial charge in [-0.05, 0) is 11.5 Å². The number of nitrogens with zero attached hydrogens (tertiary/aromatic N) is 3. The second kappa shape index (κ2) is 3.06. The predicted molar refractivity (Wildman–Crippen MR) is 31.7 cm³/mol. The lowest BCUT2D eigenvalue weighted by atomic mass is 10.5. The molecule has 5 heteroatoms. The highest BCUT2D eigenvalue weighted by Gasteiger charge is 1.90. The molecule has 0 spiro atoms. The molecule has 4 nitrogen and oxygen atoms in total. The van der Waals surface area contributed by atoms with Crippen molar-refractivity contribution in [1.82, 2.24) is 9.59 Å². The van der Waals surface area contributed by atoms with Crippen LogP contribution in [0.2, 0.25) is 0 Å². The van der Waals surface area contributed by atoms with Crippen molar-refractivity contribution in [2.75, 3.05) is 0 Å². The second-order valence-corrected chi connectivity index (χ2v) is 1.91. The van der Waals surface area contributed by atoms with Gasteiger partial charge in [-0.2, -0.15) is 4.99 Å². The fourth-order valence-corrected chi connectivity index (χ4v) is 0.809. The summed E-state index contributed by atoms with van der Waals surface area (Å²) in [7, 11) is 0. The number of hydrogen-bond acceptors (Lipinski definition) is 5. The van der Waals surface area contributed by atoms with E-state index in [0.717, 1.165) is 0 Å². The van der Waals surface area contributed by atoms with Crippen molar-refractivity contribution in [3.05, 3.63) is 11.1 Å². The predicted octanol–water partition coefficient (Wildman–Crippen LogP) is 0.374. The largest absolute Gasteiger partial charge is 0.235 e. The molecule has 0 saturated carbocycles. The normalized spacial score (nSPS) is 8.44. The SMILES string of the molecule is O=C=NCc1csnn1. The molecule has 0 atom stereocenters.